The highest BCUT2D eigenvalue weighted by atomic mass is 32.2. The van der Waals surface area contributed by atoms with Gasteiger partial charge in [-0.05, 0) is 24.3 Å². The average Bonchev–Trinajstić information content (AvgIpc) is 2.76. The van der Waals surface area contributed by atoms with Crippen LogP contribution in [0.2, 0.25) is 0 Å². The Morgan fingerprint density at radius 1 is 1.11 bits per heavy atom. The molecule has 0 aliphatic heterocycles. The molecule has 0 saturated heterocycles. The van der Waals surface area contributed by atoms with E-state index in [1.54, 1.807) is 19.1 Å². The second-order valence-corrected chi connectivity index (χ2v) is 6.09. The smallest absolute Gasteiger partial charge is 0.247 e. The number of rotatable bonds is 3. The van der Waals surface area contributed by atoms with Gasteiger partial charge in [-0.3, -0.25) is 0 Å². The second kappa shape index (κ2) is 4.51. The van der Waals surface area contributed by atoms with Gasteiger partial charge in [-0.25, -0.2) is 12.7 Å². The summed E-state index contributed by atoms with van der Waals surface area (Å²) in [7, 11) is -0.423. The minimum absolute atomic E-state index is 0.229. The van der Waals surface area contributed by atoms with Crippen molar-refractivity contribution in [2.24, 2.45) is 0 Å². The SMILES string of the molecule is Cc1nnc(-c2ccc(S(=O)(=O)N(C)C)cc2)o1. The fourth-order valence-corrected chi connectivity index (χ4v) is 2.30. The topological polar surface area (TPSA) is 76.3 Å². The molecule has 0 spiro atoms. The molecule has 0 atom stereocenters. The summed E-state index contributed by atoms with van der Waals surface area (Å²) in [6.07, 6.45) is 0. The molecule has 2 aromatic rings. The summed E-state index contributed by atoms with van der Waals surface area (Å²) < 4.78 is 30.1. The molecule has 0 unspecified atom stereocenters. The summed E-state index contributed by atoms with van der Waals surface area (Å²) in [6, 6.07) is 6.32. The normalized spacial score (nSPS) is 12.0. The first-order chi connectivity index (χ1) is 8.41. The van der Waals surface area contributed by atoms with Crippen LogP contribution in [-0.2, 0) is 10.0 Å². The highest BCUT2D eigenvalue weighted by Gasteiger charge is 2.17. The predicted octanol–water partition coefficient (Wildman–Crippen LogP) is 1.30. The molecule has 0 fully saturated rings. The van der Waals surface area contributed by atoms with Crippen LogP contribution in [0.25, 0.3) is 11.5 Å². The molecule has 1 heterocycles. The summed E-state index contributed by atoms with van der Waals surface area (Å²) in [5.41, 5.74) is 0.688. The maximum absolute atomic E-state index is 11.9. The minimum Gasteiger partial charge on any atom is -0.421 e. The molecule has 96 valence electrons. The molecule has 1 aromatic carbocycles. The van der Waals surface area contributed by atoms with Gasteiger partial charge in [-0.2, -0.15) is 0 Å². The van der Waals surface area contributed by atoms with Gasteiger partial charge >= 0.3 is 0 Å². The lowest BCUT2D eigenvalue weighted by molar-refractivity contribution is 0.520. The van der Waals surface area contributed by atoms with Crippen LogP contribution in [-0.4, -0.2) is 37.0 Å². The van der Waals surface area contributed by atoms with E-state index in [1.165, 1.54) is 30.5 Å². The highest BCUT2D eigenvalue weighted by molar-refractivity contribution is 7.89. The molecular formula is C11H13N3O3S. The summed E-state index contributed by atoms with van der Waals surface area (Å²) in [5, 5.41) is 7.59. The molecule has 0 amide bonds. The van der Waals surface area contributed by atoms with Crippen LogP contribution in [0.1, 0.15) is 5.89 Å². The van der Waals surface area contributed by atoms with Gasteiger partial charge in [0.1, 0.15) is 0 Å². The van der Waals surface area contributed by atoms with Crippen LogP contribution < -0.4 is 0 Å². The molecule has 18 heavy (non-hydrogen) atoms. The van der Waals surface area contributed by atoms with Gasteiger partial charge in [0, 0.05) is 26.6 Å². The van der Waals surface area contributed by atoms with Gasteiger partial charge in [0.05, 0.1) is 4.90 Å². The first kappa shape index (κ1) is 12.7. The Labute approximate surface area is 105 Å². The second-order valence-electron chi connectivity index (χ2n) is 3.94. The van der Waals surface area contributed by atoms with Crippen LogP contribution >= 0.6 is 0 Å². The van der Waals surface area contributed by atoms with Crippen LogP contribution in [0.3, 0.4) is 0 Å². The van der Waals surface area contributed by atoms with Crippen molar-refractivity contribution in [3.05, 3.63) is 30.2 Å². The van der Waals surface area contributed by atoms with E-state index >= 15 is 0 Å². The van der Waals surface area contributed by atoms with Crippen molar-refractivity contribution in [1.29, 1.82) is 0 Å². The van der Waals surface area contributed by atoms with E-state index in [-0.39, 0.29) is 4.90 Å². The van der Waals surface area contributed by atoms with Gasteiger partial charge in [0.25, 0.3) is 0 Å². The molecule has 7 heteroatoms. The Hall–Kier alpha value is -1.73. The number of sulfonamides is 1. The first-order valence-corrected chi connectivity index (χ1v) is 6.68. The number of nitrogens with zero attached hydrogens (tertiary/aromatic N) is 3. The van der Waals surface area contributed by atoms with Crippen LogP contribution in [0, 0.1) is 6.92 Å². The van der Waals surface area contributed by atoms with Gasteiger partial charge in [0.15, 0.2) is 0 Å². The summed E-state index contributed by atoms with van der Waals surface area (Å²) >= 11 is 0. The van der Waals surface area contributed by atoms with E-state index in [2.05, 4.69) is 10.2 Å². The molecule has 1 aromatic heterocycles. The van der Waals surface area contributed by atoms with Crippen molar-refractivity contribution < 1.29 is 12.8 Å². The third-order valence-electron chi connectivity index (χ3n) is 2.41. The highest BCUT2D eigenvalue weighted by Crippen LogP contribution is 2.21. The fourth-order valence-electron chi connectivity index (χ4n) is 1.39. The zero-order valence-corrected chi connectivity index (χ0v) is 11.1. The molecule has 2 rings (SSSR count). The molecule has 0 radical (unpaired) electrons. The van der Waals surface area contributed by atoms with Crippen molar-refractivity contribution >= 4 is 10.0 Å². The van der Waals surface area contributed by atoms with Crippen LogP contribution in [0.4, 0.5) is 0 Å². The Kier molecular flexibility index (Phi) is 3.18. The summed E-state index contributed by atoms with van der Waals surface area (Å²) in [4.78, 5) is 0.229. The van der Waals surface area contributed by atoms with Crippen molar-refractivity contribution in [2.45, 2.75) is 11.8 Å². The number of hydrogen-bond donors (Lipinski definition) is 0. The van der Waals surface area contributed by atoms with E-state index in [4.69, 9.17) is 4.42 Å². The minimum atomic E-state index is -3.40. The predicted molar refractivity (Wildman–Crippen MR) is 65.3 cm³/mol. The fraction of sp³-hybridized carbons (Fsp3) is 0.273. The molecular weight excluding hydrogens is 254 g/mol. The monoisotopic (exact) mass is 267 g/mol. The largest absolute Gasteiger partial charge is 0.421 e. The first-order valence-electron chi connectivity index (χ1n) is 5.24. The van der Waals surface area contributed by atoms with E-state index in [0.29, 0.717) is 17.3 Å². The molecule has 6 nitrogen and oxygen atoms in total. The Morgan fingerprint density at radius 3 is 2.17 bits per heavy atom. The lowest BCUT2D eigenvalue weighted by atomic mass is 10.2. The quantitative estimate of drug-likeness (QED) is 0.837. The van der Waals surface area contributed by atoms with E-state index in [0.717, 1.165) is 0 Å². The van der Waals surface area contributed by atoms with E-state index in [9.17, 15) is 8.42 Å². The molecule has 0 N–H and O–H groups in total. The van der Waals surface area contributed by atoms with Crippen molar-refractivity contribution in [3.63, 3.8) is 0 Å². The third kappa shape index (κ3) is 2.27. The molecule has 0 saturated carbocycles. The number of aromatic nitrogens is 2. The van der Waals surface area contributed by atoms with Gasteiger partial charge < -0.3 is 4.42 Å². The third-order valence-corrected chi connectivity index (χ3v) is 4.24. The molecule has 0 aliphatic carbocycles. The zero-order chi connectivity index (χ0) is 13.3. The lowest BCUT2D eigenvalue weighted by Crippen LogP contribution is -2.22. The maximum Gasteiger partial charge on any atom is 0.247 e. The number of aryl methyl sites for hydroxylation is 1. The summed E-state index contributed by atoms with van der Waals surface area (Å²) in [5.74, 6) is 0.844. The van der Waals surface area contributed by atoms with E-state index < -0.39 is 10.0 Å². The Bertz CT molecular complexity index is 644. The Balaban J connectivity index is 2.37. The van der Waals surface area contributed by atoms with Gasteiger partial charge in [-0.15, -0.1) is 10.2 Å². The lowest BCUT2D eigenvalue weighted by Gasteiger charge is -2.10. The van der Waals surface area contributed by atoms with Crippen LogP contribution in [0.5, 0.6) is 0 Å². The van der Waals surface area contributed by atoms with Crippen LogP contribution in [0.15, 0.2) is 33.6 Å². The molecule has 0 aliphatic rings. The molecule has 0 bridgehead atoms. The standard InChI is InChI=1S/C11H13N3O3S/c1-8-12-13-11(17-8)9-4-6-10(7-5-9)18(15,16)14(2)3/h4-7H,1-3H3. The van der Waals surface area contributed by atoms with Crippen molar-refractivity contribution in [1.82, 2.24) is 14.5 Å². The van der Waals surface area contributed by atoms with Crippen molar-refractivity contribution in [2.75, 3.05) is 14.1 Å². The Morgan fingerprint density at radius 2 is 1.72 bits per heavy atom. The number of benzene rings is 1. The zero-order valence-electron chi connectivity index (χ0n) is 10.3. The van der Waals surface area contributed by atoms with E-state index in [1.807, 2.05) is 0 Å². The van der Waals surface area contributed by atoms with Crippen molar-refractivity contribution in [3.8, 4) is 11.5 Å². The summed E-state index contributed by atoms with van der Waals surface area (Å²) in [6.45, 7) is 1.70. The number of hydrogen-bond acceptors (Lipinski definition) is 5. The van der Waals surface area contributed by atoms with Gasteiger partial charge in [0.2, 0.25) is 21.8 Å². The van der Waals surface area contributed by atoms with Gasteiger partial charge in [-0.1, -0.05) is 0 Å². The average molecular weight is 267 g/mol. The maximum atomic E-state index is 11.9.